The van der Waals surface area contributed by atoms with E-state index in [0.717, 1.165) is 6.42 Å². The number of hydrogen-bond acceptors (Lipinski definition) is 8. The van der Waals surface area contributed by atoms with Crippen molar-refractivity contribution in [2.24, 2.45) is 0 Å². The fourth-order valence-corrected chi connectivity index (χ4v) is 4.35. The van der Waals surface area contributed by atoms with Gasteiger partial charge in [0.15, 0.2) is 5.69 Å². The maximum Gasteiger partial charge on any atom is 0.330 e. The van der Waals surface area contributed by atoms with Gasteiger partial charge in [0, 0.05) is 19.5 Å². The maximum absolute atomic E-state index is 13.3. The topological polar surface area (TPSA) is 149 Å². The number of nitrogens with one attached hydrogen (secondary N) is 1. The molecule has 0 aliphatic heterocycles. The highest BCUT2D eigenvalue weighted by molar-refractivity contribution is 7.16. The zero-order valence-electron chi connectivity index (χ0n) is 18.5. The van der Waals surface area contributed by atoms with Gasteiger partial charge in [0.1, 0.15) is 16.4 Å². The highest BCUT2D eigenvalue weighted by atomic mass is 32.1. The summed E-state index contributed by atoms with van der Waals surface area (Å²) in [6.45, 7) is 2.25. The van der Waals surface area contributed by atoms with Crippen molar-refractivity contribution in [1.82, 2.24) is 19.1 Å². The Morgan fingerprint density at radius 3 is 2.82 bits per heavy atom. The Morgan fingerprint density at radius 2 is 2.09 bits per heavy atom. The molecule has 11 nitrogen and oxygen atoms in total. The third kappa shape index (κ3) is 4.57. The number of aromatic nitrogens is 4. The van der Waals surface area contributed by atoms with E-state index in [-0.39, 0.29) is 36.6 Å². The number of nitrogens with zero attached hydrogens (tertiary/aromatic N) is 4. The van der Waals surface area contributed by atoms with Crippen LogP contribution in [0, 0.1) is 0 Å². The number of thiophene rings is 1. The first-order valence-electron chi connectivity index (χ1n) is 10.8. The van der Waals surface area contributed by atoms with Crippen molar-refractivity contribution >= 4 is 39.0 Å². The molecular weight excluding hydrogens is 460 g/mol. The van der Waals surface area contributed by atoms with Crippen molar-refractivity contribution in [2.75, 3.05) is 10.6 Å². The monoisotopic (exact) mass is 484 g/mol. The third-order valence-electron chi connectivity index (χ3n) is 5.43. The fourth-order valence-electron chi connectivity index (χ4n) is 3.63. The molecule has 0 radical (unpaired) electrons. The number of anilines is 2. The lowest BCUT2D eigenvalue weighted by Crippen LogP contribution is -2.41. The number of nitrogen functional groups attached to an aromatic ring is 1. The van der Waals surface area contributed by atoms with Gasteiger partial charge in [-0.2, -0.15) is 0 Å². The van der Waals surface area contributed by atoms with Gasteiger partial charge in [0.25, 0.3) is 11.1 Å². The molecule has 34 heavy (non-hydrogen) atoms. The Labute approximate surface area is 197 Å². The van der Waals surface area contributed by atoms with E-state index < -0.39 is 17.2 Å². The van der Waals surface area contributed by atoms with Crippen molar-refractivity contribution in [3.05, 3.63) is 73.1 Å². The summed E-state index contributed by atoms with van der Waals surface area (Å²) >= 11 is 1.36. The minimum Gasteiger partial charge on any atom is -0.467 e. The summed E-state index contributed by atoms with van der Waals surface area (Å²) in [5.41, 5.74) is 4.45. The van der Waals surface area contributed by atoms with Crippen molar-refractivity contribution in [3.63, 3.8) is 0 Å². The van der Waals surface area contributed by atoms with Crippen LogP contribution in [0.2, 0.25) is 0 Å². The number of carbonyl (C=O) groups excluding carboxylic acids is 1. The Hall–Kier alpha value is -3.93. The molecule has 0 aliphatic rings. The highest BCUT2D eigenvalue weighted by Gasteiger charge is 2.25. The molecule has 0 aromatic carbocycles. The van der Waals surface area contributed by atoms with Crippen LogP contribution in [0.3, 0.4) is 0 Å². The Morgan fingerprint density at radius 1 is 1.26 bits per heavy atom. The SMILES string of the molecule is CCCCn1c(N)c(N(Cc2ccco2)C(=O)CCn2cnc3sccc3c2=O)c(=O)[nH]c1=O. The van der Waals surface area contributed by atoms with Gasteiger partial charge in [-0.15, -0.1) is 11.3 Å². The van der Waals surface area contributed by atoms with Crippen LogP contribution in [-0.4, -0.2) is 25.0 Å². The molecule has 4 aromatic heterocycles. The van der Waals surface area contributed by atoms with E-state index >= 15 is 0 Å². The zero-order chi connectivity index (χ0) is 24.2. The maximum atomic E-state index is 13.3. The molecule has 0 unspecified atom stereocenters. The first-order chi connectivity index (χ1) is 16.4. The zero-order valence-corrected chi connectivity index (χ0v) is 19.3. The molecule has 0 atom stereocenters. The number of fused-ring (bicyclic) bond motifs is 1. The summed E-state index contributed by atoms with van der Waals surface area (Å²) in [6.07, 6.45) is 4.23. The molecule has 12 heteroatoms. The van der Waals surface area contributed by atoms with Gasteiger partial charge in [-0.05, 0) is 30.0 Å². The van der Waals surface area contributed by atoms with Crippen LogP contribution in [-0.2, 0) is 24.4 Å². The number of hydrogen-bond donors (Lipinski definition) is 2. The Bertz CT molecular complexity index is 1480. The number of aromatic amines is 1. The van der Waals surface area contributed by atoms with E-state index in [2.05, 4.69) is 9.97 Å². The molecule has 0 spiro atoms. The first-order valence-corrected chi connectivity index (χ1v) is 11.7. The average molecular weight is 485 g/mol. The van der Waals surface area contributed by atoms with E-state index in [1.807, 2.05) is 6.92 Å². The van der Waals surface area contributed by atoms with Crippen molar-refractivity contribution < 1.29 is 9.21 Å². The molecule has 4 rings (SSSR count). The normalized spacial score (nSPS) is 11.2. The summed E-state index contributed by atoms with van der Waals surface area (Å²) < 4.78 is 7.98. The molecule has 4 aromatic rings. The van der Waals surface area contributed by atoms with Gasteiger partial charge in [-0.3, -0.25) is 33.4 Å². The summed E-state index contributed by atoms with van der Waals surface area (Å²) in [4.78, 5) is 59.4. The van der Waals surface area contributed by atoms with Crippen LogP contribution in [0.1, 0.15) is 31.9 Å². The Kier molecular flexibility index (Phi) is 6.77. The molecule has 4 heterocycles. The molecule has 1 amide bonds. The number of nitrogens with two attached hydrogens (primary N) is 1. The van der Waals surface area contributed by atoms with Gasteiger partial charge in [-0.1, -0.05) is 13.3 Å². The summed E-state index contributed by atoms with van der Waals surface area (Å²) in [7, 11) is 0. The number of unbranched alkanes of at least 4 members (excludes halogenated alkanes) is 1. The second kappa shape index (κ2) is 9.91. The standard InChI is InChI=1S/C22H24N6O5S/c1-2-3-8-27-18(23)17(19(30)25-22(27)32)28(12-14-5-4-10-33-14)16(29)6-9-26-13-24-20-15(21(26)31)7-11-34-20/h4-5,7,10-11,13H,2-3,6,8-9,12,23H2,1H3,(H,25,30,32). The summed E-state index contributed by atoms with van der Waals surface area (Å²) in [5, 5.41) is 2.26. The number of furan rings is 1. The highest BCUT2D eigenvalue weighted by Crippen LogP contribution is 2.21. The van der Waals surface area contributed by atoms with Crippen molar-refractivity contribution in [2.45, 2.75) is 45.8 Å². The van der Waals surface area contributed by atoms with Crippen LogP contribution < -0.4 is 27.4 Å². The second-order valence-corrected chi connectivity index (χ2v) is 8.58. The first kappa shape index (κ1) is 23.2. The van der Waals surface area contributed by atoms with Gasteiger partial charge >= 0.3 is 5.69 Å². The lowest BCUT2D eigenvalue weighted by atomic mass is 10.2. The number of amides is 1. The number of H-pyrrole nitrogens is 1. The number of carbonyl (C=O) groups is 1. The average Bonchev–Trinajstić information content (AvgIpc) is 3.50. The summed E-state index contributed by atoms with van der Waals surface area (Å²) in [5.74, 6) is -0.135. The van der Waals surface area contributed by atoms with Crippen molar-refractivity contribution in [1.29, 1.82) is 0 Å². The van der Waals surface area contributed by atoms with Gasteiger partial charge < -0.3 is 10.2 Å². The van der Waals surface area contributed by atoms with Gasteiger partial charge in [0.2, 0.25) is 5.91 Å². The molecular formula is C22H24N6O5S. The Balaban J connectivity index is 1.68. The second-order valence-electron chi connectivity index (χ2n) is 7.69. The van der Waals surface area contributed by atoms with Crippen LogP contribution in [0.15, 0.2) is 55.0 Å². The molecule has 0 saturated heterocycles. The third-order valence-corrected chi connectivity index (χ3v) is 6.25. The lowest BCUT2D eigenvalue weighted by molar-refractivity contribution is -0.119. The van der Waals surface area contributed by atoms with E-state index in [1.165, 1.54) is 38.0 Å². The molecule has 0 fully saturated rings. The molecule has 0 saturated carbocycles. The summed E-state index contributed by atoms with van der Waals surface area (Å²) in [6, 6.07) is 5.02. The predicted molar refractivity (Wildman–Crippen MR) is 129 cm³/mol. The van der Waals surface area contributed by atoms with Gasteiger partial charge in [0.05, 0.1) is 24.5 Å². The quantitative estimate of drug-likeness (QED) is 0.368. The minimum absolute atomic E-state index is 0.0540. The molecule has 0 aliphatic carbocycles. The lowest BCUT2D eigenvalue weighted by Gasteiger charge is -2.24. The molecule has 3 N–H and O–H groups in total. The predicted octanol–water partition coefficient (Wildman–Crippen LogP) is 1.91. The van der Waals surface area contributed by atoms with E-state index in [9.17, 15) is 19.2 Å². The van der Waals surface area contributed by atoms with E-state index in [4.69, 9.17) is 10.2 Å². The number of rotatable bonds is 9. The van der Waals surface area contributed by atoms with Gasteiger partial charge in [-0.25, -0.2) is 9.78 Å². The minimum atomic E-state index is -0.770. The molecule has 0 bridgehead atoms. The van der Waals surface area contributed by atoms with E-state index in [1.54, 1.807) is 23.6 Å². The van der Waals surface area contributed by atoms with Crippen LogP contribution in [0.4, 0.5) is 11.5 Å². The fraction of sp³-hybridized carbons (Fsp3) is 0.318. The van der Waals surface area contributed by atoms with Crippen molar-refractivity contribution in [3.8, 4) is 0 Å². The van der Waals surface area contributed by atoms with E-state index in [0.29, 0.717) is 28.9 Å². The molecule has 178 valence electrons. The van der Waals surface area contributed by atoms with Crippen LogP contribution in [0.25, 0.3) is 10.2 Å². The largest absolute Gasteiger partial charge is 0.467 e. The van der Waals surface area contributed by atoms with Crippen LogP contribution >= 0.6 is 11.3 Å². The number of aryl methyl sites for hydroxylation is 1. The smallest absolute Gasteiger partial charge is 0.330 e. The van der Waals surface area contributed by atoms with Crippen LogP contribution in [0.5, 0.6) is 0 Å².